The van der Waals surface area contributed by atoms with Crippen LogP contribution in [-0.4, -0.2) is 24.0 Å². The molecule has 0 spiro atoms. The molecule has 0 unspecified atom stereocenters. The number of amides is 1. The quantitative estimate of drug-likeness (QED) is 0.818. The van der Waals surface area contributed by atoms with Crippen LogP contribution in [0.4, 0.5) is 5.69 Å². The molecule has 21 heavy (non-hydrogen) atoms. The summed E-state index contributed by atoms with van der Waals surface area (Å²) in [5, 5.41) is 0. The first-order valence-corrected chi connectivity index (χ1v) is 7.01. The molecule has 0 aromatic heterocycles. The number of hydrogen-bond donors (Lipinski definition) is 1. The highest BCUT2D eigenvalue weighted by molar-refractivity contribution is 5.95. The first-order chi connectivity index (χ1) is 10.1. The van der Waals surface area contributed by atoms with Crippen LogP contribution in [0.2, 0.25) is 0 Å². The third kappa shape index (κ3) is 2.70. The van der Waals surface area contributed by atoms with Gasteiger partial charge in [0.05, 0.1) is 6.54 Å². The van der Waals surface area contributed by atoms with Gasteiger partial charge in [-0.15, -0.1) is 0 Å². The van der Waals surface area contributed by atoms with Crippen molar-refractivity contribution in [1.82, 2.24) is 4.90 Å². The molecule has 0 saturated heterocycles. The fourth-order valence-electron chi connectivity index (χ4n) is 2.46. The van der Waals surface area contributed by atoms with Gasteiger partial charge >= 0.3 is 0 Å². The van der Waals surface area contributed by atoms with E-state index in [9.17, 15) is 4.79 Å². The van der Waals surface area contributed by atoms with E-state index in [-0.39, 0.29) is 5.91 Å². The number of anilines is 1. The number of rotatable bonds is 1. The molecule has 0 aliphatic carbocycles. The maximum absolute atomic E-state index is 12.6. The van der Waals surface area contributed by atoms with E-state index < -0.39 is 0 Å². The van der Waals surface area contributed by atoms with Gasteiger partial charge in [-0.25, -0.2) is 0 Å². The summed E-state index contributed by atoms with van der Waals surface area (Å²) in [6.45, 7) is 3.56. The third-order valence-electron chi connectivity index (χ3n) is 3.77. The van der Waals surface area contributed by atoms with Gasteiger partial charge in [0.1, 0.15) is 12.4 Å². The zero-order valence-corrected chi connectivity index (χ0v) is 12.0. The Morgan fingerprint density at radius 3 is 2.86 bits per heavy atom. The van der Waals surface area contributed by atoms with Gasteiger partial charge in [-0.2, -0.15) is 0 Å². The molecule has 0 radical (unpaired) electrons. The molecule has 0 fully saturated rings. The van der Waals surface area contributed by atoms with Crippen LogP contribution >= 0.6 is 0 Å². The monoisotopic (exact) mass is 282 g/mol. The van der Waals surface area contributed by atoms with Gasteiger partial charge in [0.2, 0.25) is 0 Å². The molecule has 1 heterocycles. The van der Waals surface area contributed by atoms with E-state index in [0.29, 0.717) is 30.9 Å². The number of carbonyl (C=O) groups is 1. The van der Waals surface area contributed by atoms with Crippen LogP contribution < -0.4 is 10.5 Å². The topological polar surface area (TPSA) is 55.6 Å². The summed E-state index contributed by atoms with van der Waals surface area (Å²) >= 11 is 0. The van der Waals surface area contributed by atoms with Gasteiger partial charge in [0.15, 0.2) is 0 Å². The fourth-order valence-corrected chi connectivity index (χ4v) is 2.46. The molecule has 4 heteroatoms. The highest BCUT2D eigenvalue weighted by atomic mass is 16.5. The molecule has 1 aliphatic heterocycles. The summed E-state index contributed by atoms with van der Waals surface area (Å²) in [5.74, 6) is 0.846. The fraction of sp³-hybridized carbons (Fsp3) is 0.235. The van der Waals surface area contributed by atoms with E-state index >= 15 is 0 Å². The van der Waals surface area contributed by atoms with Crippen molar-refractivity contribution >= 4 is 11.6 Å². The highest BCUT2D eigenvalue weighted by Gasteiger charge is 2.21. The summed E-state index contributed by atoms with van der Waals surface area (Å²) in [4.78, 5) is 14.4. The van der Waals surface area contributed by atoms with E-state index in [1.54, 1.807) is 11.0 Å². The molecular weight excluding hydrogens is 264 g/mol. The van der Waals surface area contributed by atoms with Crippen molar-refractivity contribution in [3.63, 3.8) is 0 Å². The molecule has 2 N–H and O–H groups in total. The number of nitrogens with zero attached hydrogens (tertiary/aromatic N) is 1. The highest BCUT2D eigenvalue weighted by Crippen LogP contribution is 2.24. The molecule has 1 amide bonds. The van der Waals surface area contributed by atoms with Crippen LogP contribution in [-0.2, 0) is 6.54 Å². The van der Waals surface area contributed by atoms with Crippen LogP contribution in [0.15, 0.2) is 42.5 Å². The number of carbonyl (C=O) groups excluding carboxylic acids is 1. The number of benzene rings is 2. The van der Waals surface area contributed by atoms with E-state index in [0.717, 1.165) is 16.9 Å². The Kier molecular flexibility index (Phi) is 3.52. The molecular formula is C17H18N2O2. The van der Waals surface area contributed by atoms with Gasteiger partial charge in [-0.1, -0.05) is 24.3 Å². The van der Waals surface area contributed by atoms with Crippen LogP contribution in [0.3, 0.4) is 0 Å². The summed E-state index contributed by atoms with van der Waals surface area (Å²) in [7, 11) is 0. The minimum absolute atomic E-state index is 0.0120. The van der Waals surface area contributed by atoms with Gasteiger partial charge in [0, 0.05) is 23.4 Å². The van der Waals surface area contributed by atoms with Crippen molar-refractivity contribution < 1.29 is 9.53 Å². The Bertz CT molecular complexity index is 682. The van der Waals surface area contributed by atoms with Crippen LogP contribution in [0.1, 0.15) is 21.5 Å². The average molecular weight is 282 g/mol. The zero-order valence-electron chi connectivity index (χ0n) is 12.0. The number of hydrogen-bond acceptors (Lipinski definition) is 3. The van der Waals surface area contributed by atoms with Crippen LogP contribution in [0.25, 0.3) is 0 Å². The minimum Gasteiger partial charge on any atom is -0.491 e. The summed E-state index contributed by atoms with van der Waals surface area (Å²) in [6.07, 6.45) is 0. The number of para-hydroxylation sites is 1. The number of ether oxygens (including phenoxy) is 1. The predicted octanol–water partition coefficient (Wildman–Crippen LogP) is 2.61. The van der Waals surface area contributed by atoms with Gasteiger partial charge in [-0.05, 0) is 30.7 Å². The molecule has 0 saturated carbocycles. The number of nitrogens with two attached hydrogens (primary N) is 1. The Balaban J connectivity index is 1.86. The lowest BCUT2D eigenvalue weighted by molar-refractivity contribution is 0.0733. The molecule has 0 bridgehead atoms. The maximum Gasteiger partial charge on any atom is 0.254 e. The smallest absolute Gasteiger partial charge is 0.254 e. The molecule has 2 aromatic rings. The lowest BCUT2D eigenvalue weighted by Crippen LogP contribution is -2.32. The normalized spacial score (nSPS) is 14.0. The van der Waals surface area contributed by atoms with Crippen molar-refractivity contribution in [2.75, 3.05) is 18.9 Å². The molecule has 108 valence electrons. The Hall–Kier alpha value is -2.49. The van der Waals surface area contributed by atoms with Crippen LogP contribution in [0.5, 0.6) is 5.75 Å². The SMILES string of the molecule is Cc1ccc(C(=O)N2CCOc3ccccc3C2)cc1N. The van der Waals surface area contributed by atoms with E-state index in [1.807, 2.05) is 43.3 Å². The van der Waals surface area contributed by atoms with Crippen molar-refractivity contribution in [1.29, 1.82) is 0 Å². The van der Waals surface area contributed by atoms with Crippen molar-refractivity contribution in [2.45, 2.75) is 13.5 Å². The second-order valence-electron chi connectivity index (χ2n) is 5.25. The molecule has 1 aliphatic rings. The molecule has 3 rings (SSSR count). The van der Waals surface area contributed by atoms with E-state index in [1.165, 1.54) is 0 Å². The largest absolute Gasteiger partial charge is 0.491 e. The minimum atomic E-state index is -0.0120. The first kappa shape index (κ1) is 13.5. The van der Waals surface area contributed by atoms with Crippen molar-refractivity contribution in [2.24, 2.45) is 0 Å². The van der Waals surface area contributed by atoms with Gasteiger partial charge in [0.25, 0.3) is 5.91 Å². The Morgan fingerprint density at radius 2 is 2.05 bits per heavy atom. The Labute approximate surface area is 124 Å². The Morgan fingerprint density at radius 1 is 1.24 bits per heavy atom. The predicted molar refractivity (Wildman–Crippen MR) is 82.3 cm³/mol. The lowest BCUT2D eigenvalue weighted by Gasteiger charge is -2.20. The zero-order chi connectivity index (χ0) is 14.8. The van der Waals surface area contributed by atoms with Gasteiger partial charge in [-0.3, -0.25) is 4.79 Å². The number of fused-ring (bicyclic) bond motifs is 1. The number of aryl methyl sites for hydroxylation is 1. The number of nitrogen functional groups attached to an aromatic ring is 1. The summed E-state index contributed by atoms with van der Waals surface area (Å²) in [5.41, 5.74) is 9.18. The molecule has 2 aromatic carbocycles. The molecule has 0 atom stereocenters. The first-order valence-electron chi connectivity index (χ1n) is 7.01. The standard InChI is InChI=1S/C17H18N2O2/c1-12-6-7-13(10-15(12)18)17(20)19-8-9-21-16-5-3-2-4-14(16)11-19/h2-7,10H,8-9,11,18H2,1H3. The van der Waals surface area contributed by atoms with Crippen molar-refractivity contribution in [3.05, 3.63) is 59.2 Å². The second kappa shape index (κ2) is 5.48. The van der Waals surface area contributed by atoms with Gasteiger partial charge < -0.3 is 15.4 Å². The maximum atomic E-state index is 12.6. The van der Waals surface area contributed by atoms with Crippen LogP contribution in [0, 0.1) is 6.92 Å². The van der Waals surface area contributed by atoms with E-state index in [2.05, 4.69) is 0 Å². The lowest BCUT2D eigenvalue weighted by atomic mass is 10.1. The molecule has 4 nitrogen and oxygen atoms in total. The van der Waals surface area contributed by atoms with E-state index in [4.69, 9.17) is 10.5 Å². The summed E-state index contributed by atoms with van der Waals surface area (Å²) < 4.78 is 5.69. The third-order valence-corrected chi connectivity index (χ3v) is 3.77. The average Bonchev–Trinajstić information content (AvgIpc) is 2.71. The second-order valence-corrected chi connectivity index (χ2v) is 5.25. The summed E-state index contributed by atoms with van der Waals surface area (Å²) in [6, 6.07) is 13.3. The van der Waals surface area contributed by atoms with Crippen molar-refractivity contribution in [3.8, 4) is 5.75 Å².